The van der Waals surface area contributed by atoms with E-state index < -0.39 is 45.1 Å². The number of hydrogen-bond donors (Lipinski definition) is 3. The number of phosphoric acid groups is 1. The highest BCUT2D eigenvalue weighted by molar-refractivity contribution is 7.47. The van der Waals surface area contributed by atoms with Gasteiger partial charge in [-0.05, 0) is 51.4 Å². The molecular weight excluding hydrogens is 645 g/mol. The molecule has 3 atom stereocenters. The zero-order valence-corrected chi connectivity index (χ0v) is 31.4. The summed E-state index contributed by atoms with van der Waals surface area (Å²) >= 11 is 0. The summed E-state index contributed by atoms with van der Waals surface area (Å²) < 4.78 is 33.1. The monoisotopic (exact) mass is 713 g/mol. The lowest BCUT2D eigenvalue weighted by Crippen LogP contribution is -2.34. The second kappa shape index (κ2) is 34.4. The maximum absolute atomic E-state index is 12.4. The first kappa shape index (κ1) is 46.9. The number of aliphatic carboxylic acids is 1. The summed E-state index contributed by atoms with van der Waals surface area (Å²) in [6.07, 6.45) is 37.6. The van der Waals surface area contributed by atoms with Crippen molar-refractivity contribution < 1.29 is 42.7 Å². The van der Waals surface area contributed by atoms with Gasteiger partial charge in [0.2, 0.25) is 0 Å². The molecule has 0 fully saturated rings. The molecule has 0 amide bonds. The first-order valence-corrected chi connectivity index (χ1v) is 20.2. The molecule has 3 unspecified atom stereocenters. The highest BCUT2D eigenvalue weighted by Gasteiger charge is 2.27. The molecule has 0 radical (unpaired) electrons. The number of rotatable bonds is 35. The Labute approximate surface area is 297 Å². The van der Waals surface area contributed by atoms with Crippen LogP contribution in [-0.4, -0.2) is 60.5 Å². The van der Waals surface area contributed by atoms with Gasteiger partial charge < -0.3 is 25.2 Å². The van der Waals surface area contributed by atoms with E-state index in [2.05, 4.69) is 67.0 Å². The van der Waals surface area contributed by atoms with E-state index >= 15 is 0 Å². The van der Waals surface area contributed by atoms with E-state index in [-0.39, 0.29) is 13.0 Å². The fraction of sp³-hybridized carbons (Fsp3) is 0.737. The van der Waals surface area contributed by atoms with Crippen molar-refractivity contribution in [1.29, 1.82) is 0 Å². The van der Waals surface area contributed by atoms with Gasteiger partial charge in [-0.1, -0.05) is 133 Å². The van der Waals surface area contributed by atoms with E-state index in [1.165, 1.54) is 44.9 Å². The summed E-state index contributed by atoms with van der Waals surface area (Å²) in [5.74, 6) is -1.79. The minimum Gasteiger partial charge on any atom is -0.480 e. The molecule has 0 aliphatic rings. The fourth-order valence-corrected chi connectivity index (χ4v) is 5.49. The summed E-state index contributed by atoms with van der Waals surface area (Å²) in [5.41, 5.74) is 5.32. The SMILES string of the molecule is CC/C=C\C/C=C\C/C=C\C/C=C\CCCCCCCCCOCC(COP(=O)(O)OCC(N)C(=O)O)OC(=O)CCCCCCCCC. The molecule has 0 bridgehead atoms. The molecule has 0 heterocycles. The van der Waals surface area contributed by atoms with Crippen LogP contribution in [0.3, 0.4) is 0 Å². The number of carboxylic acid groups (broad SMARTS) is 1. The van der Waals surface area contributed by atoms with Gasteiger partial charge in [0.25, 0.3) is 0 Å². The quantitative estimate of drug-likeness (QED) is 0.0250. The van der Waals surface area contributed by atoms with Crippen molar-refractivity contribution in [2.24, 2.45) is 5.73 Å². The van der Waals surface area contributed by atoms with Gasteiger partial charge in [0.15, 0.2) is 0 Å². The number of carbonyl (C=O) groups is 2. The zero-order valence-electron chi connectivity index (χ0n) is 30.5. The van der Waals surface area contributed by atoms with Gasteiger partial charge >= 0.3 is 19.8 Å². The van der Waals surface area contributed by atoms with Gasteiger partial charge in [0.1, 0.15) is 12.1 Å². The maximum atomic E-state index is 12.4. The largest absolute Gasteiger partial charge is 0.480 e. The van der Waals surface area contributed by atoms with E-state index in [4.69, 9.17) is 24.8 Å². The molecule has 49 heavy (non-hydrogen) atoms. The summed E-state index contributed by atoms with van der Waals surface area (Å²) in [7, 11) is -4.61. The average Bonchev–Trinajstić information content (AvgIpc) is 3.07. The summed E-state index contributed by atoms with van der Waals surface area (Å²) in [6, 6.07) is -1.47. The van der Waals surface area contributed by atoms with Crippen LogP contribution in [0.1, 0.15) is 142 Å². The lowest BCUT2D eigenvalue weighted by Gasteiger charge is -2.20. The third-order valence-electron chi connectivity index (χ3n) is 7.62. The Kier molecular flexibility index (Phi) is 32.9. The van der Waals surface area contributed by atoms with Crippen LogP contribution in [0.2, 0.25) is 0 Å². The number of allylic oxidation sites excluding steroid dienone is 8. The van der Waals surface area contributed by atoms with Crippen molar-refractivity contribution in [1.82, 2.24) is 0 Å². The van der Waals surface area contributed by atoms with Gasteiger partial charge in [-0.25, -0.2) is 4.57 Å². The van der Waals surface area contributed by atoms with Crippen molar-refractivity contribution in [3.05, 3.63) is 48.6 Å². The number of nitrogens with two attached hydrogens (primary N) is 1. The Bertz CT molecular complexity index is 967. The van der Waals surface area contributed by atoms with Gasteiger partial charge in [-0.15, -0.1) is 0 Å². The van der Waals surface area contributed by atoms with E-state index in [0.29, 0.717) is 13.0 Å². The van der Waals surface area contributed by atoms with E-state index in [1.54, 1.807) is 0 Å². The Morgan fingerprint density at radius 1 is 0.673 bits per heavy atom. The molecular formula is C38H68NO9P. The van der Waals surface area contributed by atoms with Crippen LogP contribution < -0.4 is 5.73 Å². The second-order valence-electron chi connectivity index (χ2n) is 12.3. The van der Waals surface area contributed by atoms with Crippen LogP contribution in [0, 0.1) is 0 Å². The lowest BCUT2D eigenvalue weighted by atomic mass is 10.1. The molecule has 0 rings (SSSR count). The summed E-state index contributed by atoms with van der Waals surface area (Å²) in [4.78, 5) is 33.2. The van der Waals surface area contributed by atoms with Crippen LogP contribution in [0.4, 0.5) is 0 Å². The molecule has 4 N–H and O–H groups in total. The normalized spacial score (nSPS) is 14.7. The fourth-order valence-electron chi connectivity index (χ4n) is 4.71. The van der Waals surface area contributed by atoms with Crippen LogP contribution in [0.15, 0.2) is 48.6 Å². The van der Waals surface area contributed by atoms with Crippen molar-refractivity contribution >= 4 is 19.8 Å². The Hall–Kier alpha value is -2.07. The van der Waals surface area contributed by atoms with Crippen molar-refractivity contribution in [2.75, 3.05) is 26.4 Å². The van der Waals surface area contributed by atoms with Crippen LogP contribution in [-0.2, 0) is 32.7 Å². The summed E-state index contributed by atoms with van der Waals surface area (Å²) in [5, 5.41) is 8.84. The predicted octanol–water partition coefficient (Wildman–Crippen LogP) is 9.53. The topological polar surface area (TPSA) is 155 Å². The molecule has 0 saturated carbocycles. The van der Waals surface area contributed by atoms with E-state index in [0.717, 1.165) is 70.6 Å². The molecule has 0 saturated heterocycles. The maximum Gasteiger partial charge on any atom is 0.472 e. The molecule has 11 heteroatoms. The highest BCUT2D eigenvalue weighted by atomic mass is 31.2. The van der Waals surface area contributed by atoms with Gasteiger partial charge in [-0.3, -0.25) is 18.6 Å². The Balaban J connectivity index is 4.19. The molecule has 0 aliphatic carbocycles. The first-order chi connectivity index (χ1) is 23.7. The predicted molar refractivity (Wildman–Crippen MR) is 198 cm³/mol. The number of phosphoric ester groups is 1. The van der Waals surface area contributed by atoms with E-state index in [9.17, 15) is 19.0 Å². The molecule has 0 aliphatic heterocycles. The van der Waals surface area contributed by atoms with Crippen molar-refractivity contribution in [2.45, 2.75) is 154 Å². The molecule has 0 aromatic rings. The van der Waals surface area contributed by atoms with E-state index in [1.807, 2.05) is 0 Å². The molecule has 284 valence electrons. The van der Waals surface area contributed by atoms with Gasteiger partial charge in [0.05, 0.1) is 19.8 Å². The third kappa shape index (κ3) is 34.2. The number of carbonyl (C=O) groups excluding carboxylic acids is 1. The van der Waals surface area contributed by atoms with Crippen molar-refractivity contribution in [3.8, 4) is 0 Å². The first-order valence-electron chi connectivity index (χ1n) is 18.7. The summed E-state index contributed by atoms with van der Waals surface area (Å²) in [6.45, 7) is 3.66. The lowest BCUT2D eigenvalue weighted by molar-refractivity contribution is -0.154. The number of carboxylic acids is 1. The van der Waals surface area contributed by atoms with Crippen LogP contribution >= 0.6 is 7.82 Å². The standard InChI is InChI=1S/C38H68NO9P/c1-3-5-7-9-11-12-13-14-15-16-17-18-19-20-21-22-23-25-27-29-31-45-32-35(33-46-49(43,44)47-34-36(39)38(41)42)48-37(40)30-28-26-24-10-8-6-4-2/h5,7,11-12,14-15,17-18,35-36H,3-4,6,8-10,13,16,19-34,39H2,1-2H3,(H,41,42)(H,43,44)/b7-5-,12-11-,15-14-,18-17-. The molecule has 0 aromatic carbocycles. The number of unbranched alkanes of at least 4 members (excludes halogenated alkanes) is 13. The van der Waals surface area contributed by atoms with Gasteiger partial charge in [-0.2, -0.15) is 0 Å². The average molecular weight is 714 g/mol. The number of ether oxygens (including phenoxy) is 2. The number of hydrogen-bond acceptors (Lipinski definition) is 8. The molecule has 0 spiro atoms. The second-order valence-corrected chi connectivity index (χ2v) is 13.8. The van der Waals surface area contributed by atoms with Crippen LogP contribution in [0.25, 0.3) is 0 Å². The van der Waals surface area contributed by atoms with Gasteiger partial charge in [0, 0.05) is 13.0 Å². The minimum absolute atomic E-state index is 0.00863. The molecule has 0 aromatic heterocycles. The molecule has 10 nitrogen and oxygen atoms in total. The van der Waals surface area contributed by atoms with Crippen LogP contribution in [0.5, 0.6) is 0 Å². The smallest absolute Gasteiger partial charge is 0.472 e. The third-order valence-corrected chi connectivity index (χ3v) is 8.57. The van der Waals surface area contributed by atoms with Crippen molar-refractivity contribution in [3.63, 3.8) is 0 Å². The Morgan fingerprint density at radius 3 is 1.78 bits per heavy atom. The highest BCUT2D eigenvalue weighted by Crippen LogP contribution is 2.43. The number of esters is 1. The minimum atomic E-state index is -4.61. The zero-order chi connectivity index (χ0) is 36.3. The Morgan fingerprint density at radius 2 is 1.18 bits per heavy atom.